The lowest BCUT2D eigenvalue weighted by Gasteiger charge is -2.36. The minimum absolute atomic E-state index is 0.0174. The van der Waals surface area contributed by atoms with Crippen molar-refractivity contribution < 1.29 is 14.4 Å². The molecule has 1 aromatic carbocycles. The Morgan fingerprint density at radius 3 is 2.03 bits per heavy atom. The lowest BCUT2D eigenvalue weighted by molar-refractivity contribution is -0.141. The Balaban J connectivity index is 1.44. The molecule has 0 bridgehead atoms. The highest BCUT2D eigenvalue weighted by Crippen LogP contribution is 2.27. The van der Waals surface area contributed by atoms with Crippen molar-refractivity contribution in [1.29, 1.82) is 0 Å². The first-order valence-electron chi connectivity index (χ1n) is 10.7. The summed E-state index contributed by atoms with van der Waals surface area (Å²) in [4.78, 5) is 40.9. The molecule has 158 valence electrons. The highest BCUT2D eigenvalue weighted by atomic mass is 16.2. The van der Waals surface area contributed by atoms with E-state index in [2.05, 4.69) is 26.1 Å². The average Bonchev–Trinajstić information content (AvgIpc) is 3.25. The van der Waals surface area contributed by atoms with Crippen molar-refractivity contribution in [3.63, 3.8) is 0 Å². The first kappa shape index (κ1) is 21.3. The van der Waals surface area contributed by atoms with Gasteiger partial charge in [0.1, 0.15) is 0 Å². The number of piperazine rings is 1. The fourth-order valence-corrected chi connectivity index (χ4v) is 4.10. The van der Waals surface area contributed by atoms with Gasteiger partial charge in [-0.25, -0.2) is 0 Å². The van der Waals surface area contributed by atoms with Gasteiger partial charge in [0.25, 0.3) is 5.91 Å². The van der Waals surface area contributed by atoms with Crippen molar-refractivity contribution in [2.45, 2.75) is 51.9 Å². The quantitative estimate of drug-likeness (QED) is 0.846. The van der Waals surface area contributed by atoms with Crippen LogP contribution in [-0.4, -0.2) is 60.2 Å². The van der Waals surface area contributed by atoms with Crippen LogP contribution in [-0.2, 0) is 15.0 Å². The van der Waals surface area contributed by atoms with Crippen molar-refractivity contribution in [2.75, 3.05) is 32.7 Å². The number of carbonyl (C=O) groups excluding carboxylic acids is 3. The molecule has 3 rings (SSSR count). The Labute approximate surface area is 173 Å². The topological polar surface area (TPSA) is 69.7 Å². The molecule has 1 saturated heterocycles. The third-order valence-electron chi connectivity index (χ3n) is 6.06. The van der Waals surface area contributed by atoms with Gasteiger partial charge in [0, 0.05) is 37.7 Å². The number of carbonyl (C=O) groups is 3. The van der Waals surface area contributed by atoms with Crippen LogP contribution in [0.15, 0.2) is 24.3 Å². The van der Waals surface area contributed by atoms with Gasteiger partial charge in [-0.15, -0.1) is 0 Å². The summed E-state index contributed by atoms with van der Waals surface area (Å²) < 4.78 is 0. The number of benzene rings is 1. The molecule has 29 heavy (non-hydrogen) atoms. The molecular weight excluding hydrogens is 366 g/mol. The number of rotatable bonds is 4. The number of hydrogen-bond donors (Lipinski definition) is 1. The van der Waals surface area contributed by atoms with E-state index in [0.717, 1.165) is 31.2 Å². The Bertz CT molecular complexity index is 738. The molecule has 0 spiro atoms. The monoisotopic (exact) mass is 399 g/mol. The van der Waals surface area contributed by atoms with Gasteiger partial charge in [0.15, 0.2) is 0 Å². The first-order valence-corrected chi connectivity index (χ1v) is 10.7. The zero-order valence-corrected chi connectivity index (χ0v) is 17.9. The van der Waals surface area contributed by atoms with Crippen LogP contribution in [0.25, 0.3) is 0 Å². The second-order valence-electron chi connectivity index (χ2n) is 9.20. The van der Waals surface area contributed by atoms with Crippen LogP contribution in [0, 0.1) is 5.92 Å². The van der Waals surface area contributed by atoms with E-state index in [1.807, 2.05) is 17.0 Å². The zero-order valence-electron chi connectivity index (χ0n) is 17.9. The van der Waals surface area contributed by atoms with Crippen molar-refractivity contribution in [3.05, 3.63) is 35.4 Å². The van der Waals surface area contributed by atoms with E-state index in [1.165, 1.54) is 0 Å². The van der Waals surface area contributed by atoms with Crippen LogP contribution in [0.4, 0.5) is 0 Å². The summed E-state index contributed by atoms with van der Waals surface area (Å²) in [6.07, 6.45) is 4.29. The van der Waals surface area contributed by atoms with E-state index in [4.69, 9.17) is 0 Å². The Morgan fingerprint density at radius 1 is 0.931 bits per heavy atom. The van der Waals surface area contributed by atoms with Crippen LogP contribution in [0.2, 0.25) is 0 Å². The van der Waals surface area contributed by atoms with Gasteiger partial charge >= 0.3 is 0 Å². The van der Waals surface area contributed by atoms with Crippen LogP contribution in [0.5, 0.6) is 0 Å². The van der Waals surface area contributed by atoms with Crippen molar-refractivity contribution in [2.24, 2.45) is 5.92 Å². The minimum Gasteiger partial charge on any atom is -0.343 e. The van der Waals surface area contributed by atoms with E-state index >= 15 is 0 Å². The van der Waals surface area contributed by atoms with E-state index in [0.29, 0.717) is 31.7 Å². The van der Waals surface area contributed by atoms with Gasteiger partial charge in [-0.05, 0) is 36.0 Å². The summed E-state index contributed by atoms with van der Waals surface area (Å²) in [7, 11) is 0. The lowest BCUT2D eigenvalue weighted by atomic mass is 9.87. The summed E-state index contributed by atoms with van der Waals surface area (Å²) in [6.45, 7) is 8.61. The van der Waals surface area contributed by atoms with Crippen molar-refractivity contribution in [1.82, 2.24) is 15.1 Å². The van der Waals surface area contributed by atoms with Crippen molar-refractivity contribution >= 4 is 17.7 Å². The number of amides is 3. The standard InChI is InChI=1S/C23H33N3O3/c1-23(2,3)19-10-8-17(9-11-19)21(28)24-16-20(27)25-12-14-26(15-13-25)22(29)18-6-4-5-7-18/h8-11,18H,4-7,12-16H2,1-3H3,(H,24,28). The van der Waals surface area contributed by atoms with Crippen LogP contribution >= 0.6 is 0 Å². The molecule has 2 aliphatic rings. The van der Waals surface area contributed by atoms with E-state index in [-0.39, 0.29) is 35.6 Å². The van der Waals surface area contributed by atoms with E-state index in [1.54, 1.807) is 17.0 Å². The van der Waals surface area contributed by atoms with Gasteiger partial charge in [0.05, 0.1) is 6.54 Å². The van der Waals surface area contributed by atoms with Gasteiger partial charge in [0.2, 0.25) is 11.8 Å². The maximum atomic E-state index is 12.5. The summed E-state index contributed by atoms with van der Waals surface area (Å²) >= 11 is 0. The van der Waals surface area contributed by atoms with Crippen LogP contribution in [0.1, 0.15) is 62.4 Å². The van der Waals surface area contributed by atoms with Gasteiger partial charge in [-0.3, -0.25) is 14.4 Å². The first-order chi connectivity index (χ1) is 13.8. The SMILES string of the molecule is CC(C)(C)c1ccc(C(=O)NCC(=O)N2CCN(C(=O)C3CCCC3)CC2)cc1. The predicted molar refractivity (Wildman–Crippen MR) is 113 cm³/mol. The normalized spacial score (nSPS) is 18.0. The largest absolute Gasteiger partial charge is 0.343 e. The molecule has 1 saturated carbocycles. The Kier molecular flexibility index (Phi) is 6.60. The third-order valence-corrected chi connectivity index (χ3v) is 6.06. The van der Waals surface area contributed by atoms with Crippen LogP contribution in [0.3, 0.4) is 0 Å². The smallest absolute Gasteiger partial charge is 0.251 e. The fourth-order valence-electron chi connectivity index (χ4n) is 4.10. The molecule has 2 fully saturated rings. The minimum atomic E-state index is -0.242. The van der Waals surface area contributed by atoms with Gasteiger partial charge in [-0.2, -0.15) is 0 Å². The molecule has 6 heteroatoms. The summed E-state index contributed by atoms with van der Waals surface area (Å²) in [5.41, 5.74) is 1.75. The second kappa shape index (κ2) is 8.97. The Morgan fingerprint density at radius 2 is 1.48 bits per heavy atom. The number of nitrogens with one attached hydrogen (secondary N) is 1. The molecule has 6 nitrogen and oxygen atoms in total. The molecule has 1 aliphatic heterocycles. The van der Waals surface area contributed by atoms with Gasteiger partial charge in [-0.1, -0.05) is 45.7 Å². The molecule has 1 heterocycles. The van der Waals surface area contributed by atoms with E-state index in [9.17, 15) is 14.4 Å². The summed E-state index contributed by atoms with van der Waals surface area (Å²) in [5, 5.41) is 2.72. The summed E-state index contributed by atoms with van der Waals surface area (Å²) in [6, 6.07) is 7.51. The molecule has 0 radical (unpaired) electrons. The van der Waals surface area contributed by atoms with E-state index < -0.39 is 0 Å². The third kappa shape index (κ3) is 5.37. The molecule has 0 aromatic heterocycles. The molecule has 0 atom stereocenters. The molecule has 0 unspecified atom stereocenters. The molecule has 1 aromatic rings. The maximum Gasteiger partial charge on any atom is 0.251 e. The van der Waals surface area contributed by atoms with Gasteiger partial charge < -0.3 is 15.1 Å². The number of nitrogens with zero attached hydrogens (tertiary/aromatic N) is 2. The fraction of sp³-hybridized carbons (Fsp3) is 0.609. The predicted octanol–water partition coefficient (Wildman–Crippen LogP) is 2.57. The highest BCUT2D eigenvalue weighted by Gasteiger charge is 2.30. The summed E-state index contributed by atoms with van der Waals surface area (Å²) in [5.74, 6) is 0.0919. The molecular formula is C23H33N3O3. The number of hydrogen-bond acceptors (Lipinski definition) is 3. The Hall–Kier alpha value is -2.37. The average molecular weight is 400 g/mol. The lowest BCUT2D eigenvalue weighted by Crippen LogP contribution is -2.53. The highest BCUT2D eigenvalue weighted by molar-refractivity contribution is 5.96. The molecule has 1 aliphatic carbocycles. The van der Waals surface area contributed by atoms with Crippen LogP contribution < -0.4 is 5.32 Å². The maximum absolute atomic E-state index is 12.5. The van der Waals surface area contributed by atoms with Crippen molar-refractivity contribution in [3.8, 4) is 0 Å². The molecule has 3 amide bonds. The molecule has 1 N–H and O–H groups in total. The zero-order chi connectivity index (χ0) is 21.0. The second-order valence-corrected chi connectivity index (χ2v) is 9.20.